The van der Waals surface area contributed by atoms with Crippen molar-refractivity contribution in [1.29, 1.82) is 5.26 Å². The minimum absolute atomic E-state index is 0.0824. The SMILES string of the molecule is COc1ccc2ccc(C#N)cc2c1C[C@@H]1CCCCC1=O. The highest BCUT2D eigenvalue weighted by Crippen LogP contribution is 2.33. The Morgan fingerprint density at radius 1 is 1.27 bits per heavy atom. The van der Waals surface area contributed by atoms with Gasteiger partial charge in [0.05, 0.1) is 18.7 Å². The Bertz CT molecular complexity index is 758. The Morgan fingerprint density at radius 2 is 2.09 bits per heavy atom. The van der Waals surface area contributed by atoms with Crippen molar-refractivity contribution in [2.45, 2.75) is 32.1 Å². The minimum Gasteiger partial charge on any atom is -0.496 e. The Kier molecular flexibility index (Phi) is 4.11. The number of benzene rings is 2. The van der Waals surface area contributed by atoms with E-state index in [4.69, 9.17) is 10.00 Å². The standard InChI is InChI=1S/C19H19NO2/c1-22-19-9-8-14-7-6-13(12-20)10-16(14)17(19)11-15-4-2-3-5-18(15)21/h6-10,15H,2-5,11H2,1H3/t15-/m0/s1. The smallest absolute Gasteiger partial charge is 0.136 e. The summed E-state index contributed by atoms with van der Waals surface area (Å²) in [6.45, 7) is 0. The molecule has 1 aliphatic carbocycles. The van der Waals surface area contributed by atoms with Gasteiger partial charge in [-0.2, -0.15) is 5.26 Å². The van der Waals surface area contributed by atoms with E-state index in [-0.39, 0.29) is 5.92 Å². The molecule has 0 bridgehead atoms. The van der Waals surface area contributed by atoms with Gasteiger partial charge in [-0.3, -0.25) is 4.79 Å². The molecule has 0 spiro atoms. The van der Waals surface area contributed by atoms with Crippen LogP contribution >= 0.6 is 0 Å². The largest absolute Gasteiger partial charge is 0.496 e. The maximum absolute atomic E-state index is 12.2. The Labute approximate surface area is 130 Å². The molecule has 1 saturated carbocycles. The summed E-state index contributed by atoms with van der Waals surface area (Å²) in [6, 6.07) is 11.8. The Balaban J connectivity index is 2.08. The van der Waals surface area contributed by atoms with Crippen molar-refractivity contribution in [2.75, 3.05) is 7.11 Å². The third kappa shape index (κ3) is 2.69. The van der Waals surface area contributed by atoms with Crippen molar-refractivity contribution in [1.82, 2.24) is 0 Å². The van der Waals surface area contributed by atoms with Crippen molar-refractivity contribution in [3.05, 3.63) is 41.5 Å². The van der Waals surface area contributed by atoms with E-state index >= 15 is 0 Å². The number of Topliss-reactive ketones (excluding diaryl/α,β-unsaturated/α-hetero) is 1. The van der Waals surface area contributed by atoms with Crippen LogP contribution in [0.25, 0.3) is 10.8 Å². The molecule has 2 aromatic carbocycles. The second kappa shape index (κ2) is 6.19. The van der Waals surface area contributed by atoms with Crippen LogP contribution in [0, 0.1) is 17.2 Å². The van der Waals surface area contributed by atoms with Crippen LogP contribution in [0.15, 0.2) is 30.3 Å². The first-order chi connectivity index (χ1) is 10.7. The molecule has 22 heavy (non-hydrogen) atoms. The van der Waals surface area contributed by atoms with Gasteiger partial charge in [-0.25, -0.2) is 0 Å². The van der Waals surface area contributed by atoms with Gasteiger partial charge < -0.3 is 4.74 Å². The van der Waals surface area contributed by atoms with E-state index in [1.165, 1.54) is 0 Å². The summed E-state index contributed by atoms with van der Waals surface area (Å²) in [6.07, 6.45) is 4.49. The minimum atomic E-state index is 0.0824. The summed E-state index contributed by atoms with van der Waals surface area (Å²) >= 11 is 0. The van der Waals surface area contributed by atoms with Gasteiger partial charge >= 0.3 is 0 Å². The molecule has 0 aromatic heterocycles. The van der Waals surface area contributed by atoms with E-state index in [0.29, 0.717) is 24.2 Å². The van der Waals surface area contributed by atoms with Gasteiger partial charge in [-0.05, 0) is 48.2 Å². The molecule has 2 aromatic rings. The molecule has 0 amide bonds. The predicted molar refractivity (Wildman–Crippen MR) is 85.9 cm³/mol. The first kappa shape index (κ1) is 14.6. The molecule has 0 saturated heterocycles. The zero-order valence-electron chi connectivity index (χ0n) is 12.8. The van der Waals surface area contributed by atoms with Gasteiger partial charge in [0.25, 0.3) is 0 Å². The zero-order valence-corrected chi connectivity index (χ0v) is 12.8. The first-order valence-electron chi connectivity index (χ1n) is 7.75. The van der Waals surface area contributed by atoms with E-state index in [2.05, 4.69) is 6.07 Å². The highest BCUT2D eigenvalue weighted by molar-refractivity contribution is 5.90. The number of rotatable bonds is 3. The quantitative estimate of drug-likeness (QED) is 0.858. The Hall–Kier alpha value is -2.34. The van der Waals surface area contributed by atoms with Crippen molar-refractivity contribution < 1.29 is 9.53 Å². The third-order valence-corrected chi connectivity index (χ3v) is 4.57. The van der Waals surface area contributed by atoms with Crippen LogP contribution in [0.3, 0.4) is 0 Å². The molecule has 0 aliphatic heterocycles. The molecule has 1 atom stereocenters. The van der Waals surface area contributed by atoms with Gasteiger partial charge in [0.2, 0.25) is 0 Å². The number of ketones is 1. The number of methoxy groups -OCH3 is 1. The molecule has 112 valence electrons. The van der Waals surface area contributed by atoms with E-state index in [9.17, 15) is 4.79 Å². The molecule has 0 heterocycles. The van der Waals surface area contributed by atoms with Crippen LogP contribution in [0.4, 0.5) is 0 Å². The lowest BCUT2D eigenvalue weighted by Gasteiger charge is -2.22. The number of carbonyl (C=O) groups is 1. The summed E-state index contributed by atoms with van der Waals surface area (Å²) in [5.41, 5.74) is 1.69. The fraction of sp³-hybridized carbons (Fsp3) is 0.368. The fourth-order valence-corrected chi connectivity index (χ4v) is 3.35. The molecule has 3 heteroatoms. The van der Waals surface area contributed by atoms with Crippen LogP contribution in [0.1, 0.15) is 36.8 Å². The molecular weight excluding hydrogens is 274 g/mol. The zero-order chi connectivity index (χ0) is 15.5. The van der Waals surface area contributed by atoms with Crippen molar-refractivity contribution in [3.8, 4) is 11.8 Å². The lowest BCUT2D eigenvalue weighted by molar-refractivity contribution is -0.124. The van der Waals surface area contributed by atoms with Crippen LogP contribution in [0.2, 0.25) is 0 Å². The first-order valence-corrected chi connectivity index (χ1v) is 7.75. The molecular formula is C19H19NO2. The number of hydrogen-bond donors (Lipinski definition) is 0. The maximum Gasteiger partial charge on any atom is 0.136 e. The van der Waals surface area contributed by atoms with Gasteiger partial charge in [-0.1, -0.05) is 18.6 Å². The van der Waals surface area contributed by atoms with Crippen molar-refractivity contribution >= 4 is 16.6 Å². The highest BCUT2D eigenvalue weighted by Gasteiger charge is 2.24. The molecule has 3 rings (SSSR count). The van der Waals surface area contributed by atoms with Crippen LogP contribution < -0.4 is 4.74 Å². The second-order valence-electron chi connectivity index (χ2n) is 5.91. The van der Waals surface area contributed by atoms with Crippen LogP contribution in [-0.4, -0.2) is 12.9 Å². The summed E-state index contributed by atoms with van der Waals surface area (Å²) in [5.74, 6) is 1.25. The summed E-state index contributed by atoms with van der Waals surface area (Å²) in [5, 5.41) is 11.2. The number of fused-ring (bicyclic) bond motifs is 1. The van der Waals surface area contributed by atoms with Gasteiger partial charge in [-0.15, -0.1) is 0 Å². The predicted octanol–water partition coefficient (Wildman–Crippen LogP) is 4.02. The van der Waals surface area contributed by atoms with Gasteiger partial charge in [0.1, 0.15) is 11.5 Å². The van der Waals surface area contributed by atoms with E-state index in [0.717, 1.165) is 41.3 Å². The molecule has 3 nitrogen and oxygen atoms in total. The number of hydrogen-bond acceptors (Lipinski definition) is 3. The van der Waals surface area contributed by atoms with E-state index in [1.807, 2.05) is 30.3 Å². The normalized spacial score (nSPS) is 18.2. The number of ether oxygens (including phenoxy) is 1. The van der Waals surface area contributed by atoms with E-state index in [1.54, 1.807) is 7.11 Å². The van der Waals surface area contributed by atoms with Crippen LogP contribution in [0.5, 0.6) is 5.75 Å². The Morgan fingerprint density at radius 3 is 2.82 bits per heavy atom. The maximum atomic E-state index is 12.2. The van der Waals surface area contributed by atoms with Crippen molar-refractivity contribution in [3.63, 3.8) is 0 Å². The van der Waals surface area contributed by atoms with E-state index < -0.39 is 0 Å². The molecule has 0 unspecified atom stereocenters. The number of nitrogens with zero attached hydrogens (tertiary/aromatic N) is 1. The summed E-state index contributed by atoms with van der Waals surface area (Å²) in [4.78, 5) is 12.2. The van der Waals surface area contributed by atoms with Crippen molar-refractivity contribution in [2.24, 2.45) is 5.92 Å². The molecule has 0 radical (unpaired) electrons. The summed E-state index contributed by atoms with van der Waals surface area (Å²) in [7, 11) is 1.65. The summed E-state index contributed by atoms with van der Waals surface area (Å²) < 4.78 is 5.51. The van der Waals surface area contributed by atoms with Gasteiger partial charge in [0, 0.05) is 17.9 Å². The molecule has 1 aliphatic rings. The number of carbonyl (C=O) groups excluding carboxylic acids is 1. The van der Waals surface area contributed by atoms with Gasteiger partial charge in [0.15, 0.2) is 0 Å². The monoisotopic (exact) mass is 293 g/mol. The van der Waals surface area contributed by atoms with Crippen LogP contribution in [-0.2, 0) is 11.2 Å². The fourth-order valence-electron chi connectivity index (χ4n) is 3.35. The number of nitriles is 1. The lowest BCUT2D eigenvalue weighted by atomic mass is 9.82. The average Bonchev–Trinajstić information content (AvgIpc) is 2.56. The second-order valence-corrected chi connectivity index (χ2v) is 5.91. The lowest BCUT2D eigenvalue weighted by Crippen LogP contribution is -2.21. The topological polar surface area (TPSA) is 50.1 Å². The highest BCUT2D eigenvalue weighted by atomic mass is 16.5. The average molecular weight is 293 g/mol. The molecule has 0 N–H and O–H groups in total. The molecule has 1 fully saturated rings. The third-order valence-electron chi connectivity index (χ3n) is 4.57.